The second-order valence-electron chi connectivity index (χ2n) is 3.66. The van der Waals surface area contributed by atoms with Crippen LogP contribution in [0.5, 0.6) is 0 Å². The van der Waals surface area contributed by atoms with E-state index in [1.165, 1.54) is 6.42 Å². The Morgan fingerprint density at radius 1 is 0.929 bits per heavy atom. The van der Waals surface area contributed by atoms with Gasteiger partial charge in [-0.15, -0.1) is 0 Å². The van der Waals surface area contributed by atoms with Crippen LogP contribution in [0.3, 0.4) is 0 Å². The largest absolute Gasteiger partial charge is 0.411 e. The van der Waals surface area contributed by atoms with Crippen LogP contribution in [0, 0.1) is 0 Å². The highest BCUT2D eigenvalue weighted by molar-refractivity contribution is 5.83. The van der Waals surface area contributed by atoms with Gasteiger partial charge in [0.25, 0.3) is 0 Å². The maximum atomic E-state index is 8.75. The average molecular weight is 193 g/mol. The Hall–Kier alpha value is -1.05. The summed E-state index contributed by atoms with van der Waals surface area (Å²) < 4.78 is 0. The maximum Gasteiger partial charge on any atom is 0.0571 e. The molecule has 2 heteroatoms. The molecule has 0 aromatic heterocycles. The standard InChI is InChI=1S/C12H19NO/c14-13-12-10-8-6-4-2-1-3-5-7-9-11-12/h1-4,14H,5-11H2. The quantitative estimate of drug-likeness (QED) is 0.462. The van der Waals surface area contributed by atoms with Crippen molar-refractivity contribution in [3.8, 4) is 0 Å². The van der Waals surface area contributed by atoms with Gasteiger partial charge >= 0.3 is 0 Å². The molecular weight excluding hydrogens is 174 g/mol. The van der Waals surface area contributed by atoms with Crippen molar-refractivity contribution in [3.05, 3.63) is 24.3 Å². The molecule has 1 N–H and O–H groups in total. The molecule has 0 aliphatic heterocycles. The van der Waals surface area contributed by atoms with Gasteiger partial charge in [-0.05, 0) is 44.9 Å². The summed E-state index contributed by atoms with van der Waals surface area (Å²) in [5.74, 6) is 0. The molecule has 0 saturated carbocycles. The van der Waals surface area contributed by atoms with Crippen molar-refractivity contribution in [2.24, 2.45) is 5.16 Å². The molecule has 0 unspecified atom stereocenters. The van der Waals surface area contributed by atoms with E-state index in [0.717, 1.165) is 44.2 Å². The second kappa shape index (κ2) is 7.36. The smallest absolute Gasteiger partial charge is 0.0571 e. The van der Waals surface area contributed by atoms with Crippen LogP contribution in [0.15, 0.2) is 29.5 Å². The molecule has 14 heavy (non-hydrogen) atoms. The van der Waals surface area contributed by atoms with E-state index in [0.29, 0.717) is 0 Å². The molecule has 0 aromatic rings. The monoisotopic (exact) mass is 193 g/mol. The molecule has 1 aliphatic rings. The molecule has 0 amide bonds. The molecule has 0 heterocycles. The predicted octanol–water partition coefficient (Wildman–Crippen LogP) is 3.67. The van der Waals surface area contributed by atoms with Gasteiger partial charge in [0, 0.05) is 0 Å². The highest BCUT2D eigenvalue weighted by atomic mass is 16.4. The van der Waals surface area contributed by atoms with Gasteiger partial charge in [-0.2, -0.15) is 0 Å². The number of oxime groups is 1. The molecule has 0 bridgehead atoms. The van der Waals surface area contributed by atoms with Crippen LogP contribution in [0.2, 0.25) is 0 Å². The fraction of sp³-hybridized carbons (Fsp3) is 0.583. The van der Waals surface area contributed by atoms with Crippen LogP contribution in [0.4, 0.5) is 0 Å². The SMILES string of the molecule is ON=C1CCCC=CC=CCCCC1. The first-order valence-electron chi connectivity index (χ1n) is 5.45. The lowest BCUT2D eigenvalue weighted by Crippen LogP contribution is -1.98. The Balaban J connectivity index is 2.40. The maximum absolute atomic E-state index is 8.75. The van der Waals surface area contributed by atoms with Gasteiger partial charge in [0.2, 0.25) is 0 Å². The van der Waals surface area contributed by atoms with E-state index in [4.69, 9.17) is 5.21 Å². The van der Waals surface area contributed by atoms with Crippen molar-refractivity contribution in [2.75, 3.05) is 0 Å². The van der Waals surface area contributed by atoms with Crippen molar-refractivity contribution < 1.29 is 5.21 Å². The van der Waals surface area contributed by atoms with E-state index >= 15 is 0 Å². The van der Waals surface area contributed by atoms with E-state index < -0.39 is 0 Å². The summed E-state index contributed by atoms with van der Waals surface area (Å²) in [7, 11) is 0. The van der Waals surface area contributed by atoms with E-state index in [1.54, 1.807) is 0 Å². The zero-order valence-electron chi connectivity index (χ0n) is 8.65. The minimum absolute atomic E-state index is 0.935. The number of hydrogen-bond donors (Lipinski definition) is 1. The highest BCUT2D eigenvalue weighted by Gasteiger charge is 1.99. The Morgan fingerprint density at radius 3 is 2.29 bits per heavy atom. The van der Waals surface area contributed by atoms with E-state index in [9.17, 15) is 0 Å². The molecule has 0 saturated heterocycles. The van der Waals surface area contributed by atoms with Crippen LogP contribution < -0.4 is 0 Å². The second-order valence-corrected chi connectivity index (χ2v) is 3.66. The third kappa shape index (κ3) is 4.85. The van der Waals surface area contributed by atoms with Crippen LogP contribution >= 0.6 is 0 Å². The fourth-order valence-corrected chi connectivity index (χ4v) is 1.59. The lowest BCUT2D eigenvalue weighted by atomic mass is 10.0. The average Bonchev–Trinajstić information content (AvgIpc) is 2.19. The third-order valence-corrected chi connectivity index (χ3v) is 2.45. The predicted molar refractivity (Wildman–Crippen MR) is 59.8 cm³/mol. The normalized spacial score (nSPS) is 23.0. The Labute approximate surface area is 86.0 Å². The number of allylic oxidation sites excluding steroid dienone is 4. The zero-order valence-corrected chi connectivity index (χ0v) is 8.65. The van der Waals surface area contributed by atoms with Crippen LogP contribution in [0.1, 0.15) is 44.9 Å². The summed E-state index contributed by atoms with van der Waals surface area (Å²) in [5, 5.41) is 12.1. The van der Waals surface area contributed by atoms with Gasteiger partial charge in [-0.3, -0.25) is 0 Å². The first kappa shape index (κ1) is 11.0. The first-order chi connectivity index (χ1) is 6.93. The molecule has 1 rings (SSSR count). The van der Waals surface area contributed by atoms with Crippen molar-refractivity contribution >= 4 is 5.71 Å². The van der Waals surface area contributed by atoms with E-state index in [-0.39, 0.29) is 0 Å². The number of hydrogen-bond acceptors (Lipinski definition) is 2. The molecule has 2 nitrogen and oxygen atoms in total. The van der Waals surface area contributed by atoms with Crippen molar-refractivity contribution in [3.63, 3.8) is 0 Å². The minimum Gasteiger partial charge on any atom is -0.411 e. The Morgan fingerprint density at radius 2 is 1.57 bits per heavy atom. The van der Waals surface area contributed by atoms with Gasteiger partial charge in [-0.25, -0.2) is 0 Å². The Kier molecular flexibility index (Phi) is 5.80. The molecule has 0 radical (unpaired) electrons. The number of nitrogens with zero attached hydrogens (tertiary/aromatic N) is 1. The van der Waals surface area contributed by atoms with Crippen molar-refractivity contribution in [1.29, 1.82) is 0 Å². The molecule has 0 atom stereocenters. The van der Waals surface area contributed by atoms with Crippen molar-refractivity contribution in [1.82, 2.24) is 0 Å². The van der Waals surface area contributed by atoms with E-state index in [2.05, 4.69) is 29.5 Å². The summed E-state index contributed by atoms with van der Waals surface area (Å²) in [4.78, 5) is 0. The summed E-state index contributed by atoms with van der Waals surface area (Å²) in [6, 6.07) is 0. The fourth-order valence-electron chi connectivity index (χ4n) is 1.59. The summed E-state index contributed by atoms with van der Waals surface area (Å²) in [5.41, 5.74) is 0.961. The summed E-state index contributed by atoms with van der Waals surface area (Å²) in [6.07, 6.45) is 16.1. The van der Waals surface area contributed by atoms with E-state index in [1.807, 2.05) is 0 Å². The van der Waals surface area contributed by atoms with Gasteiger partial charge < -0.3 is 5.21 Å². The Bertz CT molecular complexity index is 228. The topological polar surface area (TPSA) is 32.6 Å². The van der Waals surface area contributed by atoms with Gasteiger partial charge in [0.1, 0.15) is 0 Å². The minimum atomic E-state index is 0.935. The van der Waals surface area contributed by atoms with Crippen LogP contribution in [-0.4, -0.2) is 10.9 Å². The molecule has 0 fully saturated rings. The van der Waals surface area contributed by atoms with Gasteiger partial charge in [-0.1, -0.05) is 29.5 Å². The molecule has 78 valence electrons. The molecular formula is C12H19NO. The molecule has 0 aromatic carbocycles. The molecule has 1 aliphatic carbocycles. The summed E-state index contributed by atoms with van der Waals surface area (Å²) in [6.45, 7) is 0. The zero-order chi connectivity index (χ0) is 10.1. The number of rotatable bonds is 0. The van der Waals surface area contributed by atoms with Gasteiger partial charge in [0.15, 0.2) is 0 Å². The first-order valence-corrected chi connectivity index (χ1v) is 5.45. The van der Waals surface area contributed by atoms with Crippen molar-refractivity contribution in [2.45, 2.75) is 44.9 Å². The lowest BCUT2D eigenvalue weighted by Gasteiger charge is -2.03. The molecule has 0 spiro atoms. The highest BCUT2D eigenvalue weighted by Crippen LogP contribution is 2.09. The van der Waals surface area contributed by atoms with Crippen LogP contribution in [0.25, 0.3) is 0 Å². The van der Waals surface area contributed by atoms with Crippen LogP contribution in [-0.2, 0) is 0 Å². The van der Waals surface area contributed by atoms with Gasteiger partial charge in [0.05, 0.1) is 5.71 Å². The summed E-state index contributed by atoms with van der Waals surface area (Å²) >= 11 is 0. The third-order valence-electron chi connectivity index (χ3n) is 2.45. The lowest BCUT2D eigenvalue weighted by molar-refractivity contribution is 0.315.